The number of hydrogen-bond acceptors (Lipinski definition) is 4. The molecule has 40 heavy (non-hydrogen) atoms. The van der Waals surface area contributed by atoms with Crippen LogP contribution in [0.1, 0.15) is 55.0 Å². The Kier molecular flexibility index (Phi) is 10.1. The van der Waals surface area contributed by atoms with Crippen molar-refractivity contribution in [2.24, 2.45) is 0 Å². The predicted octanol–water partition coefficient (Wildman–Crippen LogP) is 5.45. The molecule has 0 radical (unpaired) electrons. The van der Waals surface area contributed by atoms with Crippen LogP contribution in [-0.4, -0.2) is 43.8 Å². The highest BCUT2D eigenvalue weighted by molar-refractivity contribution is 7.92. The summed E-state index contributed by atoms with van der Waals surface area (Å²) in [4.78, 5) is 28.9. The summed E-state index contributed by atoms with van der Waals surface area (Å²) in [5, 5.41) is 2.96. The third-order valence-electron chi connectivity index (χ3n) is 7.50. The Morgan fingerprint density at radius 2 is 1.48 bits per heavy atom. The van der Waals surface area contributed by atoms with Crippen LogP contribution < -0.4 is 9.62 Å². The van der Waals surface area contributed by atoms with E-state index in [2.05, 4.69) is 5.32 Å². The van der Waals surface area contributed by atoms with Gasteiger partial charge in [0.25, 0.3) is 10.0 Å². The lowest BCUT2D eigenvalue weighted by atomic mass is 10.1. The van der Waals surface area contributed by atoms with Crippen molar-refractivity contribution in [3.05, 3.63) is 94.5 Å². The van der Waals surface area contributed by atoms with Gasteiger partial charge < -0.3 is 10.2 Å². The second-order valence-corrected chi connectivity index (χ2v) is 12.3. The van der Waals surface area contributed by atoms with E-state index in [0.29, 0.717) is 5.69 Å². The average molecular weight is 564 g/mol. The molecular weight excluding hydrogens is 522 g/mol. The van der Waals surface area contributed by atoms with Crippen molar-refractivity contribution in [2.75, 3.05) is 10.8 Å². The number of hydrogen-bond donors (Lipinski definition) is 1. The summed E-state index contributed by atoms with van der Waals surface area (Å²) in [6, 6.07) is 18.8. The SMILES string of the molecule is CC[C@@H](C)NC(=O)[C@H](C)N(Cc1ccccc1C)C(=O)CN(c1cccc(C)c1C)S(=O)(=O)c1ccc(C)cc1. The molecule has 3 aromatic carbocycles. The number of carbonyl (C=O) groups is 2. The van der Waals surface area contributed by atoms with Crippen LogP contribution >= 0.6 is 0 Å². The average Bonchev–Trinajstić information content (AvgIpc) is 2.92. The molecule has 0 aliphatic heterocycles. The molecule has 3 rings (SSSR count). The fraction of sp³-hybridized carbons (Fsp3) is 0.375. The first-order valence-electron chi connectivity index (χ1n) is 13.7. The summed E-state index contributed by atoms with van der Waals surface area (Å²) in [7, 11) is -4.10. The van der Waals surface area contributed by atoms with Gasteiger partial charge in [0.05, 0.1) is 10.6 Å². The fourth-order valence-corrected chi connectivity index (χ4v) is 5.85. The molecule has 0 unspecified atom stereocenters. The molecule has 3 aromatic rings. The van der Waals surface area contributed by atoms with E-state index >= 15 is 0 Å². The first kappa shape index (κ1) is 30.9. The highest BCUT2D eigenvalue weighted by Crippen LogP contribution is 2.29. The van der Waals surface area contributed by atoms with Crippen LogP contribution in [0.3, 0.4) is 0 Å². The summed E-state index contributed by atoms with van der Waals surface area (Å²) in [5.74, 6) is -0.748. The summed E-state index contributed by atoms with van der Waals surface area (Å²) in [5.41, 5.74) is 4.90. The van der Waals surface area contributed by atoms with E-state index in [1.165, 1.54) is 9.21 Å². The van der Waals surface area contributed by atoms with Gasteiger partial charge in [-0.2, -0.15) is 0 Å². The number of nitrogens with one attached hydrogen (secondary N) is 1. The maximum absolute atomic E-state index is 14.1. The first-order valence-corrected chi connectivity index (χ1v) is 15.1. The van der Waals surface area contributed by atoms with E-state index in [-0.39, 0.29) is 23.4 Å². The minimum atomic E-state index is -4.10. The van der Waals surface area contributed by atoms with E-state index in [0.717, 1.165) is 34.2 Å². The molecule has 0 aliphatic rings. The normalized spacial score (nSPS) is 12.9. The van der Waals surface area contributed by atoms with Crippen molar-refractivity contribution in [3.63, 3.8) is 0 Å². The maximum Gasteiger partial charge on any atom is 0.264 e. The summed E-state index contributed by atoms with van der Waals surface area (Å²) < 4.78 is 29.3. The van der Waals surface area contributed by atoms with Crippen LogP contribution in [0.2, 0.25) is 0 Å². The molecule has 1 N–H and O–H groups in total. The molecule has 2 atom stereocenters. The smallest absolute Gasteiger partial charge is 0.264 e. The second-order valence-electron chi connectivity index (χ2n) is 10.5. The van der Waals surface area contributed by atoms with Crippen molar-refractivity contribution in [1.82, 2.24) is 10.2 Å². The van der Waals surface area contributed by atoms with E-state index in [1.54, 1.807) is 43.3 Å². The van der Waals surface area contributed by atoms with Gasteiger partial charge in [-0.15, -0.1) is 0 Å². The monoisotopic (exact) mass is 563 g/mol. The zero-order valence-corrected chi connectivity index (χ0v) is 25.4. The molecule has 0 aromatic heterocycles. The topological polar surface area (TPSA) is 86.8 Å². The molecule has 0 spiro atoms. The van der Waals surface area contributed by atoms with Crippen LogP contribution in [-0.2, 0) is 26.2 Å². The van der Waals surface area contributed by atoms with Crippen LogP contribution in [0.15, 0.2) is 71.6 Å². The Morgan fingerprint density at radius 1 is 0.850 bits per heavy atom. The Morgan fingerprint density at radius 3 is 2.10 bits per heavy atom. The van der Waals surface area contributed by atoms with Crippen molar-refractivity contribution < 1.29 is 18.0 Å². The molecule has 2 amide bonds. The molecule has 0 heterocycles. The Hall–Kier alpha value is -3.65. The van der Waals surface area contributed by atoms with Gasteiger partial charge in [-0.1, -0.05) is 61.0 Å². The summed E-state index contributed by atoms with van der Waals surface area (Å²) >= 11 is 0. The van der Waals surface area contributed by atoms with Crippen LogP contribution in [0.5, 0.6) is 0 Å². The van der Waals surface area contributed by atoms with E-state index in [1.807, 2.05) is 71.9 Å². The summed E-state index contributed by atoms with van der Waals surface area (Å²) in [6.07, 6.45) is 0.749. The molecule has 0 aliphatic carbocycles. The zero-order chi connectivity index (χ0) is 29.6. The van der Waals surface area contributed by atoms with Gasteiger partial charge in [0.15, 0.2) is 0 Å². The molecule has 0 saturated heterocycles. The number of amides is 2. The lowest BCUT2D eigenvalue weighted by molar-refractivity contribution is -0.139. The minimum absolute atomic E-state index is 0.0567. The minimum Gasteiger partial charge on any atom is -0.352 e. The number of benzene rings is 3. The zero-order valence-electron chi connectivity index (χ0n) is 24.6. The predicted molar refractivity (Wildman–Crippen MR) is 161 cm³/mol. The number of anilines is 1. The second kappa shape index (κ2) is 13.1. The number of rotatable bonds is 11. The van der Waals surface area contributed by atoms with Gasteiger partial charge in [0.2, 0.25) is 11.8 Å². The third-order valence-corrected chi connectivity index (χ3v) is 9.28. The highest BCUT2D eigenvalue weighted by Gasteiger charge is 2.33. The van der Waals surface area contributed by atoms with Gasteiger partial charge >= 0.3 is 0 Å². The largest absolute Gasteiger partial charge is 0.352 e. The molecule has 0 saturated carbocycles. The van der Waals surface area contributed by atoms with Crippen molar-refractivity contribution >= 4 is 27.5 Å². The number of carbonyl (C=O) groups excluding carboxylic acids is 2. The Labute approximate surface area is 239 Å². The molecule has 7 nitrogen and oxygen atoms in total. The standard InChI is InChI=1S/C32H41N3O4S/c1-8-25(5)33-32(37)27(7)34(20-28-14-10-9-12-24(28)4)31(36)21-35(30-15-11-13-23(3)26(30)6)40(38,39)29-18-16-22(2)17-19-29/h9-19,25,27H,8,20-21H2,1-7H3,(H,33,37)/t25-,27+/m1/s1. The van der Waals surface area contributed by atoms with Crippen molar-refractivity contribution in [2.45, 2.75) is 78.4 Å². The van der Waals surface area contributed by atoms with E-state index in [9.17, 15) is 18.0 Å². The van der Waals surface area contributed by atoms with Gasteiger partial charge in [-0.3, -0.25) is 13.9 Å². The number of nitrogens with zero attached hydrogens (tertiary/aromatic N) is 2. The lowest BCUT2D eigenvalue weighted by Crippen LogP contribution is -2.52. The van der Waals surface area contributed by atoms with Crippen LogP contribution in [0.25, 0.3) is 0 Å². The highest BCUT2D eigenvalue weighted by atomic mass is 32.2. The number of sulfonamides is 1. The van der Waals surface area contributed by atoms with E-state index in [4.69, 9.17) is 0 Å². The first-order chi connectivity index (χ1) is 18.9. The van der Waals surface area contributed by atoms with Crippen molar-refractivity contribution in [1.29, 1.82) is 0 Å². The van der Waals surface area contributed by atoms with E-state index < -0.39 is 28.5 Å². The quantitative estimate of drug-likeness (QED) is 0.336. The molecule has 214 valence electrons. The Bertz CT molecular complexity index is 1450. The molecular formula is C32H41N3O4S. The molecule has 0 bridgehead atoms. The van der Waals surface area contributed by atoms with Gasteiger partial charge in [-0.25, -0.2) is 8.42 Å². The van der Waals surface area contributed by atoms with Crippen LogP contribution in [0, 0.1) is 27.7 Å². The summed E-state index contributed by atoms with van der Waals surface area (Å²) in [6.45, 7) is 12.9. The number of aryl methyl sites for hydroxylation is 3. The molecule has 0 fully saturated rings. The maximum atomic E-state index is 14.1. The van der Waals surface area contributed by atoms with Gasteiger partial charge in [0, 0.05) is 12.6 Å². The fourth-order valence-electron chi connectivity index (χ4n) is 4.38. The van der Waals surface area contributed by atoms with Gasteiger partial charge in [-0.05, 0) is 88.4 Å². The Balaban J connectivity index is 2.08. The van der Waals surface area contributed by atoms with Crippen LogP contribution in [0.4, 0.5) is 5.69 Å². The lowest BCUT2D eigenvalue weighted by Gasteiger charge is -2.33. The van der Waals surface area contributed by atoms with Gasteiger partial charge in [0.1, 0.15) is 12.6 Å². The molecule has 8 heteroatoms. The third kappa shape index (κ3) is 7.10. The van der Waals surface area contributed by atoms with Crippen molar-refractivity contribution in [3.8, 4) is 0 Å².